The van der Waals surface area contributed by atoms with Gasteiger partial charge in [0.05, 0.1) is 0 Å². The molecule has 0 bridgehead atoms. The van der Waals surface area contributed by atoms with Crippen LogP contribution in [0.5, 0.6) is 11.5 Å². The van der Waals surface area contributed by atoms with Crippen LogP contribution in [-0.2, 0) is 9.53 Å². The van der Waals surface area contributed by atoms with Crippen molar-refractivity contribution in [3.8, 4) is 11.5 Å². The van der Waals surface area contributed by atoms with E-state index in [2.05, 4.69) is 5.32 Å². The monoisotopic (exact) mass is 289 g/mol. The summed E-state index contributed by atoms with van der Waals surface area (Å²) in [5.74, 6) is 0.954. The maximum Gasteiger partial charge on any atom is 0.253 e. The van der Waals surface area contributed by atoms with Gasteiger partial charge in [0.15, 0.2) is 11.5 Å². The SMILES string of the molecule is O=C(Nc1ccc2c(c1)OC1(CCCC1)O2)[C@H]1CCCO1. The Morgan fingerprint density at radius 1 is 1.14 bits per heavy atom. The number of carbonyl (C=O) groups excluding carboxylic acids is 1. The van der Waals surface area contributed by atoms with Gasteiger partial charge in [0, 0.05) is 31.2 Å². The predicted molar refractivity (Wildman–Crippen MR) is 76.5 cm³/mol. The normalized spacial score (nSPS) is 25.4. The van der Waals surface area contributed by atoms with Crippen LogP contribution in [0.2, 0.25) is 0 Å². The molecule has 4 rings (SSSR count). The van der Waals surface area contributed by atoms with E-state index in [-0.39, 0.29) is 12.0 Å². The van der Waals surface area contributed by atoms with Gasteiger partial charge in [0.2, 0.25) is 0 Å². The van der Waals surface area contributed by atoms with Gasteiger partial charge in [-0.05, 0) is 37.8 Å². The summed E-state index contributed by atoms with van der Waals surface area (Å²) in [6.07, 6.45) is 5.55. The van der Waals surface area contributed by atoms with Gasteiger partial charge in [-0.2, -0.15) is 0 Å². The molecule has 1 saturated heterocycles. The highest BCUT2D eigenvalue weighted by Crippen LogP contribution is 2.47. The number of fused-ring (bicyclic) bond motifs is 1. The summed E-state index contributed by atoms with van der Waals surface area (Å²) in [7, 11) is 0. The first kappa shape index (κ1) is 13.0. The molecule has 2 heterocycles. The quantitative estimate of drug-likeness (QED) is 0.909. The average Bonchev–Trinajstić information content (AvgIpc) is 3.19. The summed E-state index contributed by atoms with van der Waals surface area (Å²) in [5, 5.41) is 2.89. The standard InChI is InChI=1S/C16H19NO4/c18-15(13-4-3-9-19-13)17-11-5-6-12-14(10-11)21-16(20-12)7-1-2-8-16/h5-6,10,13H,1-4,7-9H2,(H,17,18)/t13-/m1/s1. The Balaban J connectivity index is 1.48. The zero-order valence-electron chi connectivity index (χ0n) is 11.9. The molecule has 1 amide bonds. The second-order valence-electron chi connectivity index (χ2n) is 5.97. The summed E-state index contributed by atoms with van der Waals surface area (Å²) in [6, 6.07) is 5.56. The van der Waals surface area contributed by atoms with Crippen molar-refractivity contribution in [3.05, 3.63) is 18.2 Å². The van der Waals surface area contributed by atoms with E-state index >= 15 is 0 Å². The number of nitrogens with one attached hydrogen (secondary N) is 1. The Morgan fingerprint density at radius 3 is 2.71 bits per heavy atom. The van der Waals surface area contributed by atoms with Crippen molar-refractivity contribution in [3.63, 3.8) is 0 Å². The van der Waals surface area contributed by atoms with Gasteiger partial charge in [0.1, 0.15) is 6.10 Å². The van der Waals surface area contributed by atoms with Gasteiger partial charge < -0.3 is 19.5 Å². The number of carbonyl (C=O) groups is 1. The Morgan fingerprint density at radius 2 is 1.95 bits per heavy atom. The molecule has 1 aromatic rings. The number of ether oxygens (including phenoxy) is 3. The first-order valence-electron chi connectivity index (χ1n) is 7.69. The van der Waals surface area contributed by atoms with Gasteiger partial charge in [-0.25, -0.2) is 0 Å². The number of hydrogen-bond acceptors (Lipinski definition) is 4. The first-order valence-corrected chi connectivity index (χ1v) is 7.69. The van der Waals surface area contributed by atoms with E-state index in [0.29, 0.717) is 6.61 Å². The molecular formula is C16H19NO4. The van der Waals surface area contributed by atoms with Crippen LogP contribution in [0.15, 0.2) is 18.2 Å². The van der Waals surface area contributed by atoms with Crippen molar-refractivity contribution in [2.45, 2.75) is 50.4 Å². The summed E-state index contributed by atoms with van der Waals surface area (Å²) >= 11 is 0. The van der Waals surface area contributed by atoms with Crippen LogP contribution in [0.4, 0.5) is 5.69 Å². The summed E-state index contributed by atoms with van der Waals surface area (Å²) in [6.45, 7) is 0.668. The van der Waals surface area contributed by atoms with Gasteiger partial charge in [-0.15, -0.1) is 0 Å². The number of amides is 1. The van der Waals surface area contributed by atoms with Crippen molar-refractivity contribution in [2.75, 3.05) is 11.9 Å². The molecule has 5 nitrogen and oxygen atoms in total. The first-order chi connectivity index (χ1) is 10.2. The molecule has 1 aliphatic carbocycles. The third-order valence-corrected chi connectivity index (χ3v) is 4.39. The van der Waals surface area contributed by atoms with Crippen LogP contribution in [0.25, 0.3) is 0 Å². The fourth-order valence-corrected chi connectivity index (χ4v) is 3.30. The third kappa shape index (κ3) is 2.35. The van der Waals surface area contributed by atoms with Crippen LogP contribution < -0.4 is 14.8 Å². The summed E-state index contributed by atoms with van der Waals surface area (Å²) in [5.41, 5.74) is 0.730. The lowest BCUT2D eigenvalue weighted by molar-refractivity contribution is -0.124. The van der Waals surface area contributed by atoms with Crippen LogP contribution in [-0.4, -0.2) is 24.4 Å². The van der Waals surface area contributed by atoms with Gasteiger partial charge >= 0.3 is 0 Å². The van der Waals surface area contributed by atoms with E-state index < -0.39 is 5.79 Å². The highest BCUT2D eigenvalue weighted by molar-refractivity contribution is 5.94. The molecule has 1 spiro atoms. The van der Waals surface area contributed by atoms with E-state index in [9.17, 15) is 4.79 Å². The maximum absolute atomic E-state index is 12.1. The predicted octanol–water partition coefficient (Wildman–Crippen LogP) is 2.85. The Bertz CT molecular complexity index is 559. The zero-order valence-corrected chi connectivity index (χ0v) is 11.9. The zero-order chi connectivity index (χ0) is 14.3. The van der Waals surface area contributed by atoms with Crippen molar-refractivity contribution < 1.29 is 19.0 Å². The molecule has 2 fully saturated rings. The molecule has 3 aliphatic rings. The minimum Gasteiger partial charge on any atom is -0.448 e. The lowest BCUT2D eigenvalue weighted by Gasteiger charge is -2.21. The smallest absolute Gasteiger partial charge is 0.253 e. The van der Waals surface area contributed by atoms with E-state index in [1.54, 1.807) is 0 Å². The molecule has 1 atom stereocenters. The van der Waals surface area contributed by atoms with Gasteiger partial charge in [0.25, 0.3) is 11.7 Å². The Kier molecular flexibility index (Phi) is 3.03. The topological polar surface area (TPSA) is 56.8 Å². The van der Waals surface area contributed by atoms with Gasteiger partial charge in [-0.3, -0.25) is 4.79 Å². The molecule has 2 aliphatic heterocycles. The largest absolute Gasteiger partial charge is 0.448 e. The van der Waals surface area contributed by atoms with Crippen LogP contribution in [0.1, 0.15) is 38.5 Å². The molecule has 1 N–H and O–H groups in total. The fourth-order valence-electron chi connectivity index (χ4n) is 3.30. The number of benzene rings is 1. The fraction of sp³-hybridized carbons (Fsp3) is 0.562. The summed E-state index contributed by atoms with van der Waals surface area (Å²) in [4.78, 5) is 12.1. The molecule has 0 unspecified atom stereocenters. The Labute approximate surface area is 123 Å². The molecule has 21 heavy (non-hydrogen) atoms. The lowest BCUT2D eigenvalue weighted by Crippen LogP contribution is -2.34. The average molecular weight is 289 g/mol. The lowest BCUT2D eigenvalue weighted by atomic mass is 10.2. The van der Waals surface area contributed by atoms with Crippen molar-refractivity contribution >= 4 is 11.6 Å². The van der Waals surface area contributed by atoms with Gasteiger partial charge in [-0.1, -0.05) is 0 Å². The molecule has 1 saturated carbocycles. The number of rotatable bonds is 2. The minimum atomic E-state index is -0.459. The van der Waals surface area contributed by atoms with E-state index in [1.807, 2.05) is 18.2 Å². The van der Waals surface area contributed by atoms with E-state index in [4.69, 9.17) is 14.2 Å². The molecule has 0 radical (unpaired) electrons. The minimum absolute atomic E-state index is 0.0815. The summed E-state index contributed by atoms with van der Waals surface area (Å²) < 4.78 is 17.3. The van der Waals surface area contributed by atoms with E-state index in [0.717, 1.165) is 55.7 Å². The van der Waals surface area contributed by atoms with Crippen molar-refractivity contribution in [2.24, 2.45) is 0 Å². The second kappa shape index (κ2) is 4.91. The van der Waals surface area contributed by atoms with Crippen molar-refractivity contribution in [1.82, 2.24) is 0 Å². The molecule has 5 heteroatoms. The third-order valence-electron chi connectivity index (χ3n) is 4.39. The van der Waals surface area contributed by atoms with Crippen molar-refractivity contribution in [1.29, 1.82) is 0 Å². The highest BCUT2D eigenvalue weighted by atomic mass is 16.7. The van der Waals surface area contributed by atoms with Crippen LogP contribution >= 0.6 is 0 Å². The molecule has 1 aromatic carbocycles. The highest BCUT2D eigenvalue weighted by Gasteiger charge is 2.44. The molecule has 0 aromatic heterocycles. The second-order valence-corrected chi connectivity index (χ2v) is 5.97. The van der Waals surface area contributed by atoms with Crippen LogP contribution in [0, 0.1) is 0 Å². The number of anilines is 1. The molecule has 112 valence electrons. The van der Waals surface area contributed by atoms with E-state index in [1.165, 1.54) is 0 Å². The number of hydrogen-bond donors (Lipinski definition) is 1. The molecular weight excluding hydrogens is 270 g/mol. The van der Waals surface area contributed by atoms with Crippen LogP contribution in [0.3, 0.4) is 0 Å². The Hall–Kier alpha value is -1.75. The maximum atomic E-state index is 12.1.